The van der Waals surface area contributed by atoms with Crippen LogP contribution in [0.25, 0.3) is 0 Å². The summed E-state index contributed by atoms with van der Waals surface area (Å²) in [6.45, 7) is 0. The van der Waals surface area contributed by atoms with Gasteiger partial charge in [-0.25, -0.2) is 0 Å². The number of H-pyrrole nitrogens is 1. The molecule has 1 saturated carbocycles. The first kappa shape index (κ1) is 8.35. The summed E-state index contributed by atoms with van der Waals surface area (Å²) in [5, 5.41) is 0. The minimum absolute atomic E-state index is 0.219. The zero-order valence-corrected chi connectivity index (χ0v) is 7.45. The van der Waals surface area contributed by atoms with Gasteiger partial charge in [-0.05, 0) is 25.0 Å². The highest BCUT2D eigenvalue weighted by atomic mass is 16.5. The normalized spacial score (nSPS) is 18.9. The Kier molecular flexibility index (Phi) is 2.34. The summed E-state index contributed by atoms with van der Waals surface area (Å²) in [6, 6.07) is 3.81. The van der Waals surface area contributed by atoms with Gasteiger partial charge in [0.25, 0.3) is 0 Å². The quantitative estimate of drug-likeness (QED) is 0.753. The van der Waals surface area contributed by atoms with E-state index in [0.29, 0.717) is 18.6 Å². The van der Waals surface area contributed by atoms with Crippen molar-refractivity contribution in [3.63, 3.8) is 0 Å². The number of hydrogen-bond acceptors (Lipinski definition) is 2. The second kappa shape index (κ2) is 3.64. The van der Waals surface area contributed by atoms with Gasteiger partial charge in [0.05, 0.1) is 0 Å². The molecule has 0 spiro atoms. The van der Waals surface area contributed by atoms with Crippen molar-refractivity contribution in [2.24, 2.45) is 0 Å². The largest absolute Gasteiger partial charge is 0.476 e. The molecule has 70 valence electrons. The lowest BCUT2D eigenvalue weighted by Gasteiger charge is -2.21. The second-order valence-corrected chi connectivity index (χ2v) is 3.39. The van der Waals surface area contributed by atoms with Crippen LogP contribution in [0.5, 0.6) is 5.88 Å². The second-order valence-electron chi connectivity index (χ2n) is 3.39. The molecular formula is C10H13NO2. The molecule has 0 unspecified atom stereocenters. The predicted molar refractivity (Wildman–Crippen MR) is 48.7 cm³/mol. The minimum Gasteiger partial charge on any atom is -0.476 e. The fourth-order valence-corrected chi connectivity index (χ4v) is 1.60. The number of aromatic nitrogens is 1. The van der Waals surface area contributed by atoms with Crippen LogP contribution in [0.3, 0.4) is 0 Å². The monoisotopic (exact) mass is 179 g/mol. The van der Waals surface area contributed by atoms with Crippen molar-refractivity contribution in [2.45, 2.75) is 31.8 Å². The van der Waals surface area contributed by atoms with E-state index in [0.717, 1.165) is 18.7 Å². The van der Waals surface area contributed by atoms with Gasteiger partial charge in [-0.3, -0.25) is 4.79 Å². The van der Waals surface area contributed by atoms with E-state index in [9.17, 15) is 4.79 Å². The number of carbonyl (C=O) groups is 1. The van der Waals surface area contributed by atoms with Crippen molar-refractivity contribution < 1.29 is 9.53 Å². The molecule has 1 aromatic rings. The van der Waals surface area contributed by atoms with E-state index in [1.54, 1.807) is 0 Å². The molecule has 3 nitrogen and oxygen atoms in total. The molecule has 1 N–H and O–H groups in total. The Bertz CT molecular complexity index is 269. The van der Waals surface area contributed by atoms with Crippen molar-refractivity contribution >= 4 is 5.78 Å². The van der Waals surface area contributed by atoms with Gasteiger partial charge in [0.1, 0.15) is 11.9 Å². The Labute approximate surface area is 77.1 Å². The first-order chi connectivity index (χ1) is 6.34. The fraction of sp³-hybridized carbons (Fsp3) is 0.500. The molecular weight excluding hydrogens is 166 g/mol. The van der Waals surface area contributed by atoms with E-state index < -0.39 is 0 Å². The van der Waals surface area contributed by atoms with Crippen LogP contribution in [-0.4, -0.2) is 16.9 Å². The van der Waals surface area contributed by atoms with Gasteiger partial charge < -0.3 is 9.72 Å². The average Bonchev–Trinajstić information content (AvgIpc) is 2.62. The standard InChI is InChI=1S/C10H13NO2/c12-8-3-5-9(6-4-8)13-10-2-1-7-11-10/h1-2,7,9,11H,3-6H2. The molecule has 1 fully saturated rings. The third-order valence-corrected chi connectivity index (χ3v) is 2.35. The van der Waals surface area contributed by atoms with E-state index in [2.05, 4.69) is 4.98 Å². The van der Waals surface area contributed by atoms with Gasteiger partial charge in [0, 0.05) is 19.0 Å². The van der Waals surface area contributed by atoms with Crippen LogP contribution in [0.4, 0.5) is 0 Å². The van der Waals surface area contributed by atoms with Crippen molar-refractivity contribution in [1.82, 2.24) is 4.98 Å². The zero-order chi connectivity index (χ0) is 9.10. The third-order valence-electron chi connectivity index (χ3n) is 2.35. The van der Waals surface area contributed by atoms with Crippen molar-refractivity contribution in [1.29, 1.82) is 0 Å². The van der Waals surface area contributed by atoms with E-state index in [-0.39, 0.29) is 6.10 Å². The Morgan fingerprint density at radius 2 is 2.15 bits per heavy atom. The van der Waals surface area contributed by atoms with Gasteiger partial charge in [-0.15, -0.1) is 0 Å². The van der Waals surface area contributed by atoms with Crippen molar-refractivity contribution in [3.05, 3.63) is 18.3 Å². The lowest BCUT2D eigenvalue weighted by molar-refractivity contribution is -0.121. The maximum atomic E-state index is 10.9. The Balaban J connectivity index is 1.86. The van der Waals surface area contributed by atoms with Crippen LogP contribution in [0.2, 0.25) is 0 Å². The van der Waals surface area contributed by atoms with Crippen LogP contribution in [0.1, 0.15) is 25.7 Å². The number of Topliss-reactive ketones (excluding diaryl/α,β-unsaturated/α-hetero) is 1. The number of aromatic amines is 1. The van der Waals surface area contributed by atoms with Gasteiger partial charge in [-0.2, -0.15) is 0 Å². The zero-order valence-electron chi connectivity index (χ0n) is 7.45. The third kappa shape index (κ3) is 2.11. The van der Waals surface area contributed by atoms with Crippen molar-refractivity contribution in [3.8, 4) is 5.88 Å². The molecule has 0 radical (unpaired) electrons. The van der Waals surface area contributed by atoms with E-state index in [4.69, 9.17) is 4.74 Å². The van der Waals surface area contributed by atoms with Crippen LogP contribution in [0.15, 0.2) is 18.3 Å². The summed E-state index contributed by atoms with van der Waals surface area (Å²) in [4.78, 5) is 13.9. The Morgan fingerprint density at radius 1 is 1.38 bits per heavy atom. The molecule has 0 amide bonds. The molecule has 0 aliphatic heterocycles. The highest BCUT2D eigenvalue weighted by molar-refractivity contribution is 5.79. The lowest BCUT2D eigenvalue weighted by Crippen LogP contribution is -2.24. The SMILES string of the molecule is O=C1CCC(Oc2ccc[nH]2)CC1. The number of ketones is 1. The minimum atomic E-state index is 0.219. The first-order valence-corrected chi connectivity index (χ1v) is 4.66. The van der Waals surface area contributed by atoms with Crippen LogP contribution in [-0.2, 0) is 4.79 Å². The molecule has 3 heteroatoms. The topological polar surface area (TPSA) is 42.1 Å². The van der Waals surface area contributed by atoms with Gasteiger partial charge in [0.15, 0.2) is 5.88 Å². The molecule has 0 saturated heterocycles. The molecule has 2 rings (SSSR count). The van der Waals surface area contributed by atoms with E-state index in [1.807, 2.05) is 18.3 Å². The molecule has 0 atom stereocenters. The smallest absolute Gasteiger partial charge is 0.190 e. The molecule has 1 heterocycles. The van der Waals surface area contributed by atoms with E-state index in [1.165, 1.54) is 0 Å². The molecule has 0 bridgehead atoms. The van der Waals surface area contributed by atoms with Crippen LogP contribution in [0, 0.1) is 0 Å². The number of nitrogens with one attached hydrogen (secondary N) is 1. The molecule has 1 aliphatic carbocycles. The van der Waals surface area contributed by atoms with Gasteiger partial charge in [-0.1, -0.05) is 0 Å². The summed E-state index contributed by atoms with van der Waals surface area (Å²) in [5.41, 5.74) is 0. The maximum absolute atomic E-state index is 10.9. The Morgan fingerprint density at radius 3 is 2.77 bits per heavy atom. The fourth-order valence-electron chi connectivity index (χ4n) is 1.60. The number of rotatable bonds is 2. The highest BCUT2D eigenvalue weighted by Gasteiger charge is 2.19. The highest BCUT2D eigenvalue weighted by Crippen LogP contribution is 2.20. The predicted octanol–water partition coefficient (Wildman–Crippen LogP) is 1.91. The number of ether oxygens (including phenoxy) is 1. The first-order valence-electron chi connectivity index (χ1n) is 4.66. The summed E-state index contributed by atoms with van der Waals surface area (Å²) in [5.74, 6) is 1.17. The van der Waals surface area contributed by atoms with Crippen LogP contribution < -0.4 is 4.74 Å². The maximum Gasteiger partial charge on any atom is 0.190 e. The summed E-state index contributed by atoms with van der Waals surface area (Å²) in [7, 11) is 0. The van der Waals surface area contributed by atoms with Crippen LogP contribution >= 0.6 is 0 Å². The summed E-state index contributed by atoms with van der Waals surface area (Å²) in [6.07, 6.45) is 5.12. The molecule has 13 heavy (non-hydrogen) atoms. The molecule has 1 aliphatic rings. The summed E-state index contributed by atoms with van der Waals surface area (Å²) < 4.78 is 5.64. The van der Waals surface area contributed by atoms with Gasteiger partial charge in [0.2, 0.25) is 0 Å². The molecule has 0 aromatic carbocycles. The molecule has 1 aromatic heterocycles. The number of hydrogen-bond donors (Lipinski definition) is 1. The Hall–Kier alpha value is -1.25. The number of carbonyl (C=O) groups excluding carboxylic acids is 1. The lowest BCUT2D eigenvalue weighted by atomic mass is 9.97. The average molecular weight is 179 g/mol. The van der Waals surface area contributed by atoms with E-state index >= 15 is 0 Å². The van der Waals surface area contributed by atoms with Gasteiger partial charge >= 0.3 is 0 Å². The van der Waals surface area contributed by atoms with Crippen molar-refractivity contribution in [2.75, 3.05) is 0 Å². The summed E-state index contributed by atoms with van der Waals surface area (Å²) >= 11 is 0.